The van der Waals surface area contributed by atoms with Gasteiger partial charge in [-0.1, -0.05) is 12.1 Å². The molecular weight excluding hydrogens is 313 g/mol. The molecule has 0 radical (unpaired) electrons. The molecule has 0 spiro atoms. The number of rotatable bonds is 2. The van der Waals surface area contributed by atoms with Crippen LogP contribution in [0.1, 0.15) is 59.4 Å². The summed E-state index contributed by atoms with van der Waals surface area (Å²) in [6.07, 6.45) is 5.95. The molecule has 2 aromatic rings. The first kappa shape index (κ1) is 17.1. The van der Waals surface area contributed by atoms with Crippen LogP contribution in [0.4, 0.5) is 0 Å². The average Bonchev–Trinajstić information content (AvgIpc) is 3.06. The zero-order valence-electron chi connectivity index (χ0n) is 15.7. The van der Waals surface area contributed by atoms with Crippen LogP contribution in [0.3, 0.4) is 0 Å². The van der Waals surface area contributed by atoms with E-state index in [-0.39, 0.29) is 24.4 Å². The van der Waals surface area contributed by atoms with Crippen LogP contribution in [0.25, 0.3) is 10.9 Å². The maximum atomic E-state index is 9.74. The summed E-state index contributed by atoms with van der Waals surface area (Å²) >= 11 is 0. The minimum atomic E-state index is -0.318. The van der Waals surface area contributed by atoms with Gasteiger partial charge in [-0.05, 0) is 76.4 Å². The van der Waals surface area contributed by atoms with Gasteiger partial charge in [-0.15, -0.1) is 0 Å². The number of aromatic nitrogens is 1. The monoisotopic (exact) mass is 341 g/mol. The molecule has 2 heterocycles. The predicted molar refractivity (Wildman–Crippen MR) is 101 cm³/mol. The normalized spacial score (nSPS) is 28.6. The molecule has 4 rings (SSSR count). The quantitative estimate of drug-likeness (QED) is 0.852. The Kier molecular flexibility index (Phi) is 4.02. The fourth-order valence-corrected chi connectivity index (χ4v) is 3.96. The highest BCUT2D eigenvalue weighted by molar-refractivity contribution is 6.62. The lowest BCUT2D eigenvalue weighted by molar-refractivity contribution is 0.00578. The maximum absolute atomic E-state index is 9.74. The number of benzene rings is 1. The van der Waals surface area contributed by atoms with E-state index in [1.54, 1.807) is 0 Å². The van der Waals surface area contributed by atoms with Crippen LogP contribution in [0.5, 0.6) is 0 Å². The second-order valence-electron chi connectivity index (χ2n) is 8.59. The van der Waals surface area contributed by atoms with Gasteiger partial charge in [-0.2, -0.15) is 0 Å². The van der Waals surface area contributed by atoms with E-state index in [2.05, 4.69) is 62.7 Å². The molecule has 1 saturated heterocycles. The van der Waals surface area contributed by atoms with Crippen LogP contribution in [0, 0.1) is 0 Å². The third kappa shape index (κ3) is 2.92. The molecule has 2 fully saturated rings. The van der Waals surface area contributed by atoms with Crippen molar-refractivity contribution in [2.45, 2.75) is 76.7 Å². The summed E-state index contributed by atoms with van der Waals surface area (Å²) in [5.74, 6) is 0. The smallest absolute Gasteiger partial charge is 0.399 e. The minimum absolute atomic E-state index is 0.118. The highest BCUT2D eigenvalue weighted by Gasteiger charge is 2.51. The van der Waals surface area contributed by atoms with E-state index in [0.717, 1.165) is 31.1 Å². The largest absolute Gasteiger partial charge is 0.494 e. The number of aliphatic hydroxyl groups is 1. The number of aliphatic hydroxyl groups excluding tert-OH is 1. The molecule has 1 saturated carbocycles. The van der Waals surface area contributed by atoms with E-state index >= 15 is 0 Å². The molecule has 0 unspecified atom stereocenters. The number of nitrogens with zero attached hydrogens (tertiary/aromatic N) is 1. The van der Waals surface area contributed by atoms with E-state index in [9.17, 15) is 5.11 Å². The molecular formula is C20H28BNO3. The molecule has 5 heteroatoms. The van der Waals surface area contributed by atoms with E-state index in [1.807, 2.05) is 0 Å². The fourth-order valence-electron chi connectivity index (χ4n) is 3.96. The maximum Gasteiger partial charge on any atom is 0.494 e. The number of hydrogen-bond acceptors (Lipinski definition) is 3. The van der Waals surface area contributed by atoms with Crippen molar-refractivity contribution in [3.63, 3.8) is 0 Å². The molecule has 0 atom stereocenters. The molecule has 1 aromatic heterocycles. The van der Waals surface area contributed by atoms with Crippen LogP contribution in [0.15, 0.2) is 30.5 Å². The molecule has 1 aliphatic heterocycles. The van der Waals surface area contributed by atoms with Gasteiger partial charge in [0.05, 0.1) is 17.3 Å². The lowest BCUT2D eigenvalue weighted by Crippen LogP contribution is -2.41. The van der Waals surface area contributed by atoms with Crippen molar-refractivity contribution in [2.24, 2.45) is 0 Å². The molecule has 1 N–H and O–H groups in total. The summed E-state index contributed by atoms with van der Waals surface area (Å²) in [6, 6.07) is 9.16. The third-order valence-corrected chi connectivity index (χ3v) is 6.33. The molecule has 0 bridgehead atoms. The first-order valence-electron chi connectivity index (χ1n) is 9.41. The summed E-state index contributed by atoms with van der Waals surface area (Å²) in [5.41, 5.74) is 1.69. The first-order chi connectivity index (χ1) is 11.8. The van der Waals surface area contributed by atoms with Crippen molar-refractivity contribution in [1.82, 2.24) is 4.57 Å². The Balaban J connectivity index is 1.60. The summed E-state index contributed by atoms with van der Waals surface area (Å²) in [5, 5.41) is 11.0. The van der Waals surface area contributed by atoms with Gasteiger partial charge in [-0.25, -0.2) is 0 Å². The van der Waals surface area contributed by atoms with Gasteiger partial charge >= 0.3 is 7.12 Å². The number of hydrogen-bond donors (Lipinski definition) is 1. The molecule has 1 aromatic carbocycles. The molecule has 1 aliphatic carbocycles. The fraction of sp³-hybridized carbons (Fsp3) is 0.600. The molecule has 2 aliphatic rings. The Morgan fingerprint density at radius 2 is 1.64 bits per heavy atom. The van der Waals surface area contributed by atoms with E-state index < -0.39 is 0 Å². The van der Waals surface area contributed by atoms with Crippen LogP contribution < -0.4 is 5.46 Å². The minimum Gasteiger partial charge on any atom is -0.399 e. The zero-order valence-corrected chi connectivity index (χ0v) is 15.7. The number of fused-ring (bicyclic) bond motifs is 1. The zero-order chi connectivity index (χ0) is 17.8. The van der Waals surface area contributed by atoms with E-state index in [1.165, 1.54) is 10.9 Å². The average molecular weight is 341 g/mol. The van der Waals surface area contributed by atoms with Crippen LogP contribution in [-0.4, -0.2) is 34.1 Å². The second kappa shape index (κ2) is 5.87. The third-order valence-electron chi connectivity index (χ3n) is 6.33. The van der Waals surface area contributed by atoms with E-state index in [4.69, 9.17) is 9.31 Å². The van der Waals surface area contributed by atoms with Gasteiger partial charge in [0.1, 0.15) is 0 Å². The molecule has 0 amide bonds. The summed E-state index contributed by atoms with van der Waals surface area (Å²) < 4.78 is 14.7. The standard InChI is InChI=1S/C20H28BNO3/c1-19(2)20(3,4)25-21(24-19)15-5-10-18-14(13-15)11-12-22(18)16-6-8-17(23)9-7-16/h5,10-13,16-17,23H,6-9H2,1-4H3/t16-,17-. The Morgan fingerprint density at radius 1 is 1.00 bits per heavy atom. The predicted octanol–water partition coefficient (Wildman–Crippen LogP) is 3.42. The van der Waals surface area contributed by atoms with Gasteiger partial charge in [0.2, 0.25) is 0 Å². The highest BCUT2D eigenvalue weighted by atomic mass is 16.7. The molecule has 4 nitrogen and oxygen atoms in total. The molecule has 25 heavy (non-hydrogen) atoms. The molecule has 134 valence electrons. The Hall–Kier alpha value is -1.30. The van der Waals surface area contributed by atoms with Crippen LogP contribution in [0.2, 0.25) is 0 Å². The Bertz CT molecular complexity index is 758. The van der Waals surface area contributed by atoms with Crippen molar-refractivity contribution >= 4 is 23.5 Å². The lowest BCUT2D eigenvalue weighted by Gasteiger charge is -2.32. The van der Waals surface area contributed by atoms with Gasteiger partial charge < -0.3 is 19.0 Å². The Labute approximate surface area is 150 Å². The summed E-state index contributed by atoms with van der Waals surface area (Å²) in [4.78, 5) is 0. The van der Waals surface area contributed by atoms with E-state index in [0.29, 0.717) is 6.04 Å². The van der Waals surface area contributed by atoms with Gasteiger partial charge in [-0.3, -0.25) is 0 Å². The van der Waals surface area contributed by atoms with Crippen molar-refractivity contribution in [3.8, 4) is 0 Å². The summed E-state index contributed by atoms with van der Waals surface area (Å²) in [7, 11) is -0.317. The lowest BCUT2D eigenvalue weighted by atomic mass is 9.78. The Morgan fingerprint density at radius 3 is 2.28 bits per heavy atom. The van der Waals surface area contributed by atoms with Crippen molar-refractivity contribution in [1.29, 1.82) is 0 Å². The van der Waals surface area contributed by atoms with Crippen molar-refractivity contribution < 1.29 is 14.4 Å². The highest BCUT2D eigenvalue weighted by Crippen LogP contribution is 2.37. The second-order valence-corrected chi connectivity index (χ2v) is 8.59. The first-order valence-corrected chi connectivity index (χ1v) is 9.41. The van der Waals surface area contributed by atoms with Crippen LogP contribution in [-0.2, 0) is 9.31 Å². The topological polar surface area (TPSA) is 43.6 Å². The van der Waals surface area contributed by atoms with Gasteiger partial charge in [0, 0.05) is 17.8 Å². The summed E-state index contributed by atoms with van der Waals surface area (Å²) in [6.45, 7) is 8.33. The van der Waals surface area contributed by atoms with Gasteiger partial charge in [0.25, 0.3) is 0 Å². The SMILES string of the molecule is CC1(C)OB(c2ccc3c(ccn3[C@H]3CC[C@H](O)CC3)c2)OC1(C)C. The van der Waals surface area contributed by atoms with Crippen LogP contribution >= 0.6 is 0 Å². The van der Waals surface area contributed by atoms with Gasteiger partial charge in [0.15, 0.2) is 0 Å². The van der Waals surface area contributed by atoms with Crippen molar-refractivity contribution in [2.75, 3.05) is 0 Å². The van der Waals surface area contributed by atoms with Crippen molar-refractivity contribution in [3.05, 3.63) is 30.5 Å².